The fraction of sp³-hybridized carbons (Fsp3) is 0.640. The molecule has 1 saturated heterocycles. The van der Waals surface area contributed by atoms with E-state index in [4.69, 9.17) is 4.74 Å². The van der Waals surface area contributed by atoms with Crippen molar-refractivity contribution in [1.29, 1.82) is 0 Å². The van der Waals surface area contributed by atoms with E-state index in [1.165, 1.54) is 19.3 Å². The molecule has 1 spiro atoms. The minimum absolute atomic E-state index is 0.0562. The number of piperidine rings is 2. The zero-order chi connectivity index (χ0) is 22.7. The lowest BCUT2D eigenvalue weighted by Crippen LogP contribution is -2.85. The molecule has 1 N–H and O–H groups in total. The van der Waals surface area contributed by atoms with Crippen molar-refractivity contribution in [3.63, 3.8) is 0 Å². The molecule has 5 atom stereocenters. The lowest BCUT2D eigenvalue weighted by atomic mass is 9.40. The fourth-order valence-corrected chi connectivity index (χ4v) is 6.47. The number of nitrogens with one attached hydrogen (secondary N) is 1. The molecule has 1 aromatic carbocycles. The Bertz CT molecular complexity index is 970. The third kappa shape index (κ3) is 3.33. The Kier molecular flexibility index (Phi) is 5.08. The Hall–Kier alpha value is -2.41. The Morgan fingerprint density at radius 3 is 2.41 bits per heavy atom. The normalized spacial score (nSPS) is 29.6. The minimum atomic E-state index is -0.506. The number of likely N-dealkylation sites (tertiary alicyclic amines) is 1. The van der Waals surface area contributed by atoms with Gasteiger partial charge in [0, 0.05) is 30.1 Å². The molecule has 3 fully saturated rings. The first-order valence-corrected chi connectivity index (χ1v) is 11.9. The average molecular weight is 438 g/mol. The first-order valence-electron chi connectivity index (χ1n) is 11.9. The molecule has 4 unspecified atom stereocenters. The molecule has 7 heteroatoms. The summed E-state index contributed by atoms with van der Waals surface area (Å²) in [5.41, 5.74) is 1.04. The van der Waals surface area contributed by atoms with Gasteiger partial charge in [0.2, 0.25) is 0 Å². The number of ether oxygens (including phenoxy) is 1. The second kappa shape index (κ2) is 7.58. The smallest absolute Gasteiger partial charge is 0.408 e. The third-order valence-corrected chi connectivity index (χ3v) is 7.88. The van der Waals surface area contributed by atoms with Crippen molar-refractivity contribution in [2.75, 3.05) is 6.54 Å². The van der Waals surface area contributed by atoms with Gasteiger partial charge >= 0.3 is 6.09 Å². The van der Waals surface area contributed by atoms with Crippen molar-refractivity contribution < 1.29 is 9.53 Å². The molecule has 2 aromatic rings. The predicted molar refractivity (Wildman–Crippen MR) is 122 cm³/mol. The summed E-state index contributed by atoms with van der Waals surface area (Å²) in [5.74, 6) is 2.07. The van der Waals surface area contributed by atoms with Crippen LogP contribution in [-0.2, 0) is 4.74 Å². The predicted octanol–water partition coefficient (Wildman–Crippen LogP) is 4.33. The van der Waals surface area contributed by atoms with E-state index in [0.29, 0.717) is 23.5 Å². The number of amides is 1. The zero-order valence-corrected chi connectivity index (χ0v) is 19.8. The zero-order valence-electron chi connectivity index (χ0n) is 19.8. The van der Waals surface area contributed by atoms with Gasteiger partial charge in [-0.15, -0.1) is 10.2 Å². The largest absolute Gasteiger partial charge is 0.444 e. The molecule has 0 bridgehead atoms. The fourth-order valence-electron chi connectivity index (χ4n) is 6.47. The van der Waals surface area contributed by atoms with E-state index in [9.17, 15) is 4.79 Å². The summed E-state index contributed by atoms with van der Waals surface area (Å²) < 4.78 is 7.91. The number of aromatic nitrogens is 3. The van der Waals surface area contributed by atoms with E-state index in [-0.39, 0.29) is 12.1 Å². The number of alkyl carbamates (subject to hydrolysis) is 1. The van der Waals surface area contributed by atoms with Gasteiger partial charge in [0.25, 0.3) is 0 Å². The highest BCUT2D eigenvalue weighted by Crippen LogP contribution is 2.72. The molecule has 1 aliphatic heterocycles. The van der Waals surface area contributed by atoms with E-state index in [0.717, 1.165) is 30.2 Å². The molecule has 2 heterocycles. The van der Waals surface area contributed by atoms with Crippen LogP contribution in [-0.4, -0.2) is 50.0 Å². The number of carbonyl (C=O) groups excluding carboxylic acids is 1. The standard InChI is InChI=1S/C25H35N5O2/c1-16-27-28-17(2)30(16)22-15-21-25(22)13-11-20(25)29(21)14-12-19(18-9-7-6-8-10-18)26-23(31)32-24(3,4)5/h6-10,19-22H,11-15H2,1-5H3,(H,26,31)/t19-,20?,21?,22?,25?/m0/s1. The summed E-state index contributed by atoms with van der Waals surface area (Å²) >= 11 is 0. The van der Waals surface area contributed by atoms with Gasteiger partial charge in [-0.2, -0.15) is 0 Å². The second-order valence-electron chi connectivity index (χ2n) is 10.7. The van der Waals surface area contributed by atoms with Crippen molar-refractivity contribution in [3.8, 4) is 0 Å². The number of carbonyl (C=O) groups is 1. The monoisotopic (exact) mass is 437 g/mol. The van der Waals surface area contributed by atoms with Crippen molar-refractivity contribution in [1.82, 2.24) is 25.0 Å². The number of rotatable bonds is 6. The van der Waals surface area contributed by atoms with Gasteiger partial charge < -0.3 is 14.6 Å². The van der Waals surface area contributed by atoms with Crippen LogP contribution in [0.1, 0.15) is 75.8 Å². The maximum absolute atomic E-state index is 12.5. The Balaban J connectivity index is 1.25. The summed E-state index contributed by atoms with van der Waals surface area (Å²) in [4.78, 5) is 15.2. The lowest BCUT2D eigenvalue weighted by Gasteiger charge is -2.80. The van der Waals surface area contributed by atoms with Gasteiger partial charge in [-0.3, -0.25) is 4.90 Å². The maximum atomic E-state index is 12.5. The topological polar surface area (TPSA) is 72.3 Å². The van der Waals surface area contributed by atoms with Gasteiger partial charge in [0.05, 0.1) is 6.04 Å². The highest BCUT2D eigenvalue weighted by Gasteiger charge is 2.75. The molecular formula is C25H35N5O2. The van der Waals surface area contributed by atoms with Crippen molar-refractivity contribution in [3.05, 3.63) is 47.5 Å². The van der Waals surface area contributed by atoms with E-state index in [2.05, 4.69) is 51.0 Å². The third-order valence-electron chi connectivity index (χ3n) is 7.88. The van der Waals surface area contributed by atoms with Crippen molar-refractivity contribution in [2.24, 2.45) is 5.41 Å². The van der Waals surface area contributed by atoms with Gasteiger partial charge in [-0.25, -0.2) is 4.79 Å². The number of hydrogen-bond acceptors (Lipinski definition) is 5. The molecule has 1 aromatic heterocycles. The van der Waals surface area contributed by atoms with E-state index < -0.39 is 5.60 Å². The quantitative estimate of drug-likeness (QED) is 0.728. The van der Waals surface area contributed by atoms with Crippen LogP contribution < -0.4 is 5.32 Å². The Labute approximate surface area is 190 Å². The summed E-state index contributed by atoms with van der Waals surface area (Å²) in [6.07, 6.45) is 4.27. The van der Waals surface area contributed by atoms with Gasteiger partial charge in [-0.05, 0) is 65.9 Å². The van der Waals surface area contributed by atoms with Gasteiger partial charge in [-0.1, -0.05) is 30.3 Å². The van der Waals surface area contributed by atoms with E-state index in [1.54, 1.807) is 0 Å². The number of aryl methyl sites for hydroxylation is 2. The van der Waals surface area contributed by atoms with Crippen LogP contribution in [0.25, 0.3) is 0 Å². The van der Waals surface area contributed by atoms with Crippen LogP contribution in [0, 0.1) is 19.3 Å². The van der Waals surface area contributed by atoms with Crippen LogP contribution in [0.3, 0.4) is 0 Å². The highest BCUT2D eigenvalue weighted by molar-refractivity contribution is 5.68. The second-order valence-corrected chi connectivity index (χ2v) is 10.7. The van der Waals surface area contributed by atoms with E-state index >= 15 is 0 Å². The molecule has 172 valence electrons. The average Bonchev–Trinajstić information content (AvgIpc) is 3.01. The molecule has 1 amide bonds. The maximum Gasteiger partial charge on any atom is 0.408 e. The van der Waals surface area contributed by atoms with Crippen LogP contribution in [0.2, 0.25) is 0 Å². The van der Waals surface area contributed by atoms with Crippen LogP contribution in [0.4, 0.5) is 4.79 Å². The Morgan fingerprint density at radius 1 is 1.16 bits per heavy atom. The van der Waals surface area contributed by atoms with E-state index in [1.807, 2.05) is 39.0 Å². The van der Waals surface area contributed by atoms with Crippen LogP contribution in [0.15, 0.2) is 30.3 Å². The number of nitrogens with zero attached hydrogens (tertiary/aromatic N) is 4. The molecule has 32 heavy (non-hydrogen) atoms. The van der Waals surface area contributed by atoms with Crippen LogP contribution >= 0.6 is 0 Å². The summed E-state index contributed by atoms with van der Waals surface area (Å²) in [7, 11) is 0. The first-order chi connectivity index (χ1) is 15.2. The summed E-state index contributed by atoms with van der Waals surface area (Å²) in [6.45, 7) is 10.8. The molecule has 2 aliphatic carbocycles. The highest BCUT2D eigenvalue weighted by atomic mass is 16.6. The molecule has 7 nitrogen and oxygen atoms in total. The molecular weight excluding hydrogens is 402 g/mol. The van der Waals surface area contributed by atoms with Crippen LogP contribution in [0.5, 0.6) is 0 Å². The number of hydrogen-bond donors (Lipinski definition) is 1. The van der Waals surface area contributed by atoms with Crippen molar-refractivity contribution >= 4 is 6.09 Å². The van der Waals surface area contributed by atoms with Crippen molar-refractivity contribution in [2.45, 2.75) is 90.1 Å². The van der Waals surface area contributed by atoms with Gasteiger partial charge in [0.15, 0.2) is 0 Å². The number of benzene rings is 1. The first kappa shape index (κ1) is 21.4. The molecule has 0 radical (unpaired) electrons. The SMILES string of the molecule is Cc1nnc(C)n1C1CC2N(CC[C@H](NC(=O)OC(C)(C)C)c3ccccc3)C3CCC321. The molecule has 2 saturated carbocycles. The summed E-state index contributed by atoms with van der Waals surface area (Å²) in [6, 6.07) is 12.0. The lowest BCUT2D eigenvalue weighted by molar-refractivity contribution is -0.295. The molecule has 5 rings (SSSR count). The van der Waals surface area contributed by atoms with Gasteiger partial charge in [0.1, 0.15) is 17.2 Å². The minimum Gasteiger partial charge on any atom is -0.444 e. The summed E-state index contributed by atoms with van der Waals surface area (Å²) in [5, 5.41) is 11.7. The Morgan fingerprint density at radius 2 is 1.84 bits per heavy atom. The molecule has 3 aliphatic rings.